The lowest BCUT2D eigenvalue weighted by Crippen LogP contribution is -2.18. The normalized spacial score (nSPS) is 44.7. The quantitative estimate of drug-likeness (QED) is 0.599. The minimum absolute atomic E-state index is 0.421. The molecule has 0 saturated heterocycles. The smallest absolute Gasteiger partial charge is 0.00441 e. The molecule has 0 aromatic carbocycles. The maximum absolute atomic E-state index is 5.75. The lowest BCUT2D eigenvalue weighted by molar-refractivity contribution is 0.574. The molecule has 1 aliphatic rings. The first-order valence-electron chi connectivity index (χ1n) is 3.94. The highest BCUT2D eigenvalue weighted by molar-refractivity contribution is 4.97. The molecule has 1 rings (SSSR count). The van der Waals surface area contributed by atoms with E-state index in [9.17, 15) is 0 Å². The molecule has 4 atom stereocenters. The lowest BCUT2D eigenvalue weighted by atomic mass is 10.1. The van der Waals surface area contributed by atoms with Crippen LogP contribution in [-0.4, -0.2) is 6.04 Å². The molecule has 9 heavy (non-hydrogen) atoms. The summed E-state index contributed by atoms with van der Waals surface area (Å²) in [5.74, 6) is 2.66. The summed E-state index contributed by atoms with van der Waals surface area (Å²) in [7, 11) is 0. The Morgan fingerprint density at radius 2 is 2.11 bits per heavy atom. The van der Waals surface area contributed by atoms with E-state index in [0.29, 0.717) is 6.04 Å². The molecule has 1 nitrogen and oxygen atoms in total. The molecule has 54 valence electrons. The summed E-state index contributed by atoms with van der Waals surface area (Å²) in [6.07, 6.45) is 1.31. The Morgan fingerprint density at radius 3 is 2.22 bits per heavy atom. The second-order valence-electron chi connectivity index (χ2n) is 3.37. The monoisotopic (exact) mass is 127 g/mol. The molecule has 0 bridgehead atoms. The summed E-state index contributed by atoms with van der Waals surface area (Å²) in [4.78, 5) is 0. The van der Waals surface area contributed by atoms with Crippen LogP contribution in [0.5, 0.6) is 0 Å². The van der Waals surface area contributed by atoms with Crippen molar-refractivity contribution in [2.24, 2.45) is 23.5 Å². The summed E-state index contributed by atoms with van der Waals surface area (Å²) in [5, 5.41) is 0. The van der Waals surface area contributed by atoms with Gasteiger partial charge >= 0.3 is 0 Å². The van der Waals surface area contributed by atoms with Gasteiger partial charge in [-0.1, -0.05) is 20.3 Å². The summed E-state index contributed by atoms with van der Waals surface area (Å²) in [5.41, 5.74) is 5.75. The molecule has 1 aliphatic carbocycles. The van der Waals surface area contributed by atoms with E-state index in [-0.39, 0.29) is 0 Å². The Kier molecular flexibility index (Phi) is 1.80. The zero-order valence-corrected chi connectivity index (χ0v) is 6.59. The molecule has 1 fully saturated rings. The summed E-state index contributed by atoms with van der Waals surface area (Å²) in [6.45, 7) is 6.68. The maximum atomic E-state index is 5.75. The van der Waals surface area contributed by atoms with E-state index in [1.807, 2.05) is 0 Å². The average Bonchev–Trinajstić information content (AvgIpc) is 2.40. The van der Waals surface area contributed by atoms with Crippen LogP contribution in [0.15, 0.2) is 0 Å². The van der Waals surface area contributed by atoms with Crippen molar-refractivity contribution in [3.05, 3.63) is 0 Å². The first-order valence-corrected chi connectivity index (χ1v) is 3.94. The molecule has 0 aromatic heterocycles. The Hall–Kier alpha value is -0.0400. The van der Waals surface area contributed by atoms with Gasteiger partial charge < -0.3 is 5.73 Å². The highest BCUT2D eigenvalue weighted by Gasteiger charge is 2.46. The van der Waals surface area contributed by atoms with Crippen molar-refractivity contribution in [1.82, 2.24) is 0 Å². The predicted molar refractivity (Wildman–Crippen MR) is 40.1 cm³/mol. The highest BCUT2D eigenvalue weighted by Crippen LogP contribution is 2.49. The van der Waals surface area contributed by atoms with Crippen LogP contribution in [0.4, 0.5) is 0 Å². The molecule has 0 spiro atoms. The predicted octanol–water partition coefficient (Wildman–Crippen LogP) is 1.63. The van der Waals surface area contributed by atoms with Crippen LogP contribution in [0.25, 0.3) is 0 Å². The maximum Gasteiger partial charge on any atom is 0.00441 e. The first-order chi connectivity index (χ1) is 4.18. The SMILES string of the molecule is CCC1C(C)C1C(C)N. The molecule has 1 saturated carbocycles. The Labute approximate surface area is 57.6 Å². The molecule has 0 aromatic rings. The third-order valence-corrected chi connectivity index (χ3v) is 2.71. The highest BCUT2D eigenvalue weighted by atomic mass is 14.7. The Morgan fingerprint density at radius 1 is 1.56 bits per heavy atom. The van der Waals surface area contributed by atoms with Gasteiger partial charge in [-0.25, -0.2) is 0 Å². The van der Waals surface area contributed by atoms with Crippen molar-refractivity contribution < 1.29 is 0 Å². The van der Waals surface area contributed by atoms with E-state index in [1.54, 1.807) is 0 Å². The van der Waals surface area contributed by atoms with Crippen molar-refractivity contribution in [2.75, 3.05) is 0 Å². The number of nitrogens with two attached hydrogens (primary N) is 1. The van der Waals surface area contributed by atoms with Gasteiger partial charge in [-0.15, -0.1) is 0 Å². The zero-order chi connectivity index (χ0) is 7.02. The van der Waals surface area contributed by atoms with E-state index in [1.165, 1.54) is 6.42 Å². The van der Waals surface area contributed by atoms with Crippen LogP contribution in [-0.2, 0) is 0 Å². The fourth-order valence-corrected chi connectivity index (χ4v) is 2.09. The topological polar surface area (TPSA) is 26.0 Å². The second-order valence-corrected chi connectivity index (χ2v) is 3.37. The third kappa shape index (κ3) is 1.11. The van der Waals surface area contributed by atoms with E-state index in [0.717, 1.165) is 17.8 Å². The molecular formula is C8H17N. The van der Waals surface area contributed by atoms with Gasteiger partial charge in [-0.05, 0) is 24.7 Å². The first kappa shape index (κ1) is 7.07. The zero-order valence-electron chi connectivity index (χ0n) is 6.59. The molecule has 0 heterocycles. The van der Waals surface area contributed by atoms with Crippen molar-refractivity contribution in [2.45, 2.75) is 33.2 Å². The summed E-state index contributed by atoms with van der Waals surface area (Å²) >= 11 is 0. The molecule has 0 radical (unpaired) electrons. The molecule has 2 N–H and O–H groups in total. The lowest BCUT2D eigenvalue weighted by Gasteiger charge is -2.00. The molecule has 0 aliphatic heterocycles. The fraction of sp³-hybridized carbons (Fsp3) is 1.00. The van der Waals surface area contributed by atoms with E-state index in [4.69, 9.17) is 5.73 Å². The molecule has 1 heteroatoms. The van der Waals surface area contributed by atoms with Gasteiger partial charge in [0.15, 0.2) is 0 Å². The number of hydrogen-bond donors (Lipinski definition) is 1. The summed E-state index contributed by atoms with van der Waals surface area (Å²) < 4.78 is 0. The van der Waals surface area contributed by atoms with Gasteiger partial charge in [0.2, 0.25) is 0 Å². The third-order valence-electron chi connectivity index (χ3n) is 2.71. The Balaban J connectivity index is 2.33. The van der Waals surface area contributed by atoms with Crippen molar-refractivity contribution in [1.29, 1.82) is 0 Å². The van der Waals surface area contributed by atoms with Crippen LogP contribution < -0.4 is 5.73 Å². The summed E-state index contributed by atoms with van der Waals surface area (Å²) in [6, 6.07) is 0.421. The van der Waals surface area contributed by atoms with Crippen molar-refractivity contribution in [3.63, 3.8) is 0 Å². The van der Waals surface area contributed by atoms with Crippen molar-refractivity contribution in [3.8, 4) is 0 Å². The van der Waals surface area contributed by atoms with Crippen LogP contribution in [0.3, 0.4) is 0 Å². The minimum Gasteiger partial charge on any atom is -0.328 e. The fourth-order valence-electron chi connectivity index (χ4n) is 2.09. The van der Waals surface area contributed by atoms with Crippen LogP contribution >= 0.6 is 0 Å². The molecular weight excluding hydrogens is 110 g/mol. The minimum atomic E-state index is 0.421. The van der Waals surface area contributed by atoms with Gasteiger partial charge in [0.25, 0.3) is 0 Å². The van der Waals surface area contributed by atoms with Crippen LogP contribution in [0, 0.1) is 17.8 Å². The largest absolute Gasteiger partial charge is 0.328 e. The van der Waals surface area contributed by atoms with Crippen molar-refractivity contribution >= 4 is 0 Å². The van der Waals surface area contributed by atoms with Crippen LogP contribution in [0.2, 0.25) is 0 Å². The molecule has 4 unspecified atom stereocenters. The molecule has 0 amide bonds. The van der Waals surface area contributed by atoms with Gasteiger partial charge in [0.1, 0.15) is 0 Å². The van der Waals surface area contributed by atoms with Gasteiger partial charge in [-0.3, -0.25) is 0 Å². The number of rotatable bonds is 2. The van der Waals surface area contributed by atoms with E-state index < -0.39 is 0 Å². The van der Waals surface area contributed by atoms with E-state index in [2.05, 4.69) is 20.8 Å². The van der Waals surface area contributed by atoms with E-state index >= 15 is 0 Å². The average molecular weight is 127 g/mol. The Bertz CT molecular complexity index is 98.7. The standard InChI is InChI=1S/C8H17N/c1-4-7-5(2)8(7)6(3)9/h5-8H,4,9H2,1-3H3. The van der Waals surface area contributed by atoms with Crippen LogP contribution in [0.1, 0.15) is 27.2 Å². The second kappa shape index (κ2) is 2.30. The van der Waals surface area contributed by atoms with Gasteiger partial charge in [-0.2, -0.15) is 0 Å². The number of hydrogen-bond acceptors (Lipinski definition) is 1. The van der Waals surface area contributed by atoms with Gasteiger partial charge in [0, 0.05) is 6.04 Å². The van der Waals surface area contributed by atoms with Gasteiger partial charge in [0.05, 0.1) is 0 Å².